The van der Waals surface area contributed by atoms with Crippen molar-refractivity contribution in [1.29, 1.82) is 0 Å². The van der Waals surface area contributed by atoms with E-state index in [1.54, 1.807) is 35.7 Å². The van der Waals surface area contributed by atoms with E-state index in [0.717, 1.165) is 37.0 Å². The molecule has 150 valence electrons. The van der Waals surface area contributed by atoms with Gasteiger partial charge in [-0.2, -0.15) is 0 Å². The molecule has 1 unspecified atom stereocenters. The van der Waals surface area contributed by atoms with Crippen LogP contribution in [0.1, 0.15) is 53.3 Å². The Hall–Kier alpha value is -2.51. The molecule has 1 saturated carbocycles. The number of carbonyl (C=O) groups excluding carboxylic acids is 4. The molecule has 2 heterocycles. The summed E-state index contributed by atoms with van der Waals surface area (Å²) in [7, 11) is 0. The van der Waals surface area contributed by atoms with Gasteiger partial charge in [0, 0.05) is 16.5 Å². The number of benzene rings is 1. The van der Waals surface area contributed by atoms with Gasteiger partial charge in [0.05, 0.1) is 10.6 Å². The van der Waals surface area contributed by atoms with Crippen molar-refractivity contribution >= 4 is 52.3 Å². The molecule has 6 nitrogen and oxygen atoms in total. The van der Waals surface area contributed by atoms with Gasteiger partial charge in [0.15, 0.2) is 5.78 Å². The van der Waals surface area contributed by atoms with Gasteiger partial charge >= 0.3 is 6.03 Å². The molecule has 1 aromatic heterocycles. The van der Waals surface area contributed by atoms with E-state index in [0.29, 0.717) is 10.4 Å². The number of thiophene rings is 1. The largest absolute Gasteiger partial charge is 0.335 e. The molecule has 1 atom stereocenters. The quantitative estimate of drug-likeness (QED) is 0.572. The number of Topliss-reactive ketones (excluding diaryl/α,β-unsaturated/α-hetero) is 1. The molecule has 0 radical (unpaired) electrons. The average Bonchev–Trinajstić information content (AvgIpc) is 3.35. The van der Waals surface area contributed by atoms with E-state index in [2.05, 4.69) is 5.32 Å². The lowest BCUT2D eigenvalue weighted by molar-refractivity contribution is -0.124. The normalized spacial score (nSPS) is 19.1. The zero-order valence-corrected chi connectivity index (χ0v) is 17.1. The number of anilines is 1. The minimum absolute atomic E-state index is 0.229. The van der Waals surface area contributed by atoms with E-state index in [1.807, 2.05) is 0 Å². The fourth-order valence-electron chi connectivity index (χ4n) is 4.02. The molecule has 1 fully saturated rings. The maximum Gasteiger partial charge on any atom is 0.335 e. The first-order valence-electron chi connectivity index (χ1n) is 9.54. The molecule has 0 saturated heterocycles. The predicted molar refractivity (Wildman–Crippen MR) is 110 cm³/mol. The highest BCUT2D eigenvalue weighted by atomic mass is 35.5. The Kier molecular flexibility index (Phi) is 5.52. The predicted octanol–water partition coefficient (Wildman–Crippen LogP) is 4.53. The molecule has 1 aromatic carbocycles. The second-order valence-electron chi connectivity index (χ2n) is 7.25. The zero-order chi connectivity index (χ0) is 20.5. The summed E-state index contributed by atoms with van der Waals surface area (Å²) in [6, 6.07) is 7.26. The fraction of sp³-hybridized carbons (Fsp3) is 0.333. The van der Waals surface area contributed by atoms with Crippen LogP contribution in [0.3, 0.4) is 0 Å². The first kappa shape index (κ1) is 19.8. The van der Waals surface area contributed by atoms with Gasteiger partial charge in [-0.25, -0.2) is 9.69 Å². The zero-order valence-electron chi connectivity index (χ0n) is 15.5. The lowest BCUT2D eigenvalue weighted by Crippen LogP contribution is -2.47. The number of hydrogen-bond acceptors (Lipinski definition) is 5. The number of imide groups is 2. The van der Waals surface area contributed by atoms with Crippen molar-refractivity contribution < 1.29 is 19.2 Å². The highest BCUT2D eigenvalue weighted by molar-refractivity contribution is 7.12. The van der Waals surface area contributed by atoms with Gasteiger partial charge < -0.3 is 0 Å². The highest BCUT2D eigenvalue weighted by Gasteiger charge is 2.47. The summed E-state index contributed by atoms with van der Waals surface area (Å²) in [6.45, 7) is 0. The third-order valence-electron chi connectivity index (χ3n) is 5.46. The standard InChI is InChI=1S/C21H19ClN2O4S/c22-13-8-4-9-14-16(13)17(18(25)15-10-5-11-29-15)20(27)24(14)21(28)23-19(26)12-6-2-1-3-7-12/h4-5,8-12,17H,1-3,6-7H2,(H,23,26,28). The minimum Gasteiger partial charge on any atom is -0.292 e. The van der Waals surface area contributed by atoms with E-state index < -0.39 is 23.6 Å². The second kappa shape index (κ2) is 8.08. The van der Waals surface area contributed by atoms with Crippen LogP contribution in [0.4, 0.5) is 10.5 Å². The Morgan fingerprint density at radius 3 is 2.52 bits per heavy atom. The van der Waals surface area contributed by atoms with Crippen LogP contribution >= 0.6 is 22.9 Å². The molecule has 8 heteroatoms. The Morgan fingerprint density at radius 1 is 1.07 bits per heavy atom. The Balaban J connectivity index is 1.63. The fourth-order valence-corrected chi connectivity index (χ4v) is 4.99. The van der Waals surface area contributed by atoms with Crippen molar-refractivity contribution in [3.63, 3.8) is 0 Å². The molecule has 2 aromatic rings. The molecule has 0 bridgehead atoms. The van der Waals surface area contributed by atoms with E-state index >= 15 is 0 Å². The molecule has 1 aliphatic heterocycles. The summed E-state index contributed by atoms with van der Waals surface area (Å²) in [5.74, 6) is -2.91. The number of ketones is 1. The lowest BCUT2D eigenvalue weighted by atomic mass is 9.89. The van der Waals surface area contributed by atoms with Crippen LogP contribution in [0, 0.1) is 5.92 Å². The summed E-state index contributed by atoms with van der Waals surface area (Å²) >= 11 is 7.53. The number of carbonyl (C=O) groups is 4. The van der Waals surface area contributed by atoms with Gasteiger partial charge in [0.25, 0.3) is 5.91 Å². The van der Waals surface area contributed by atoms with E-state index in [9.17, 15) is 19.2 Å². The summed E-state index contributed by atoms with van der Waals surface area (Å²) in [4.78, 5) is 52.7. The van der Waals surface area contributed by atoms with Gasteiger partial charge in [0.2, 0.25) is 5.91 Å². The first-order valence-corrected chi connectivity index (χ1v) is 10.8. The van der Waals surface area contributed by atoms with Gasteiger partial charge in [-0.15, -0.1) is 11.3 Å². The topological polar surface area (TPSA) is 83.6 Å². The molecule has 29 heavy (non-hydrogen) atoms. The summed E-state index contributed by atoms with van der Waals surface area (Å²) in [6.07, 6.45) is 4.44. The van der Waals surface area contributed by atoms with Crippen LogP contribution in [0.2, 0.25) is 5.02 Å². The Morgan fingerprint density at radius 2 is 1.83 bits per heavy atom. The van der Waals surface area contributed by atoms with Gasteiger partial charge in [0.1, 0.15) is 5.92 Å². The number of halogens is 1. The third kappa shape index (κ3) is 3.60. The molecule has 1 aliphatic carbocycles. The minimum atomic E-state index is -1.20. The molecular weight excluding hydrogens is 412 g/mol. The van der Waals surface area contributed by atoms with Gasteiger partial charge in [-0.3, -0.25) is 19.7 Å². The number of hydrogen-bond donors (Lipinski definition) is 1. The van der Waals surface area contributed by atoms with Crippen molar-refractivity contribution in [2.24, 2.45) is 5.92 Å². The van der Waals surface area contributed by atoms with E-state index in [-0.39, 0.29) is 22.5 Å². The maximum absolute atomic E-state index is 13.1. The van der Waals surface area contributed by atoms with Crippen molar-refractivity contribution in [2.45, 2.75) is 38.0 Å². The van der Waals surface area contributed by atoms with E-state index in [4.69, 9.17) is 11.6 Å². The number of fused-ring (bicyclic) bond motifs is 1. The SMILES string of the molecule is O=C(NC(=O)N1C(=O)C(C(=O)c2cccs2)c2c(Cl)cccc21)C1CCCCC1. The number of urea groups is 1. The van der Waals surface area contributed by atoms with Crippen molar-refractivity contribution in [3.8, 4) is 0 Å². The van der Waals surface area contributed by atoms with Crippen LogP contribution < -0.4 is 10.2 Å². The Labute approximate surface area is 176 Å². The van der Waals surface area contributed by atoms with Crippen molar-refractivity contribution in [2.75, 3.05) is 4.90 Å². The van der Waals surface area contributed by atoms with Crippen molar-refractivity contribution in [1.82, 2.24) is 5.32 Å². The van der Waals surface area contributed by atoms with Crippen LogP contribution in [0.15, 0.2) is 35.7 Å². The van der Waals surface area contributed by atoms with Gasteiger partial charge in [-0.05, 0) is 36.4 Å². The Bertz CT molecular complexity index is 983. The average molecular weight is 431 g/mol. The van der Waals surface area contributed by atoms with E-state index in [1.165, 1.54) is 11.3 Å². The molecular formula is C21H19ClN2O4S. The summed E-state index contributed by atoms with van der Waals surface area (Å²) in [5, 5.41) is 4.33. The number of amides is 4. The molecule has 0 spiro atoms. The van der Waals surface area contributed by atoms with Crippen LogP contribution in [0.5, 0.6) is 0 Å². The monoisotopic (exact) mass is 430 g/mol. The summed E-state index contributed by atoms with van der Waals surface area (Å²) in [5.41, 5.74) is 0.546. The van der Waals surface area contributed by atoms with Gasteiger partial charge in [-0.1, -0.05) is 43.0 Å². The molecule has 1 N–H and O–H groups in total. The van der Waals surface area contributed by atoms with Crippen molar-refractivity contribution in [3.05, 3.63) is 51.2 Å². The van der Waals surface area contributed by atoms with Crippen LogP contribution in [-0.4, -0.2) is 23.6 Å². The van der Waals surface area contributed by atoms with Crippen LogP contribution in [-0.2, 0) is 9.59 Å². The number of nitrogens with one attached hydrogen (secondary N) is 1. The van der Waals surface area contributed by atoms with Crippen LogP contribution in [0.25, 0.3) is 0 Å². The lowest BCUT2D eigenvalue weighted by Gasteiger charge is -2.22. The highest BCUT2D eigenvalue weighted by Crippen LogP contribution is 2.43. The molecule has 2 aliphatic rings. The third-order valence-corrected chi connectivity index (χ3v) is 6.68. The number of nitrogens with zero attached hydrogens (tertiary/aromatic N) is 1. The molecule has 4 rings (SSSR count). The molecule has 4 amide bonds. The second-order valence-corrected chi connectivity index (χ2v) is 8.61. The summed E-state index contributed by atoms with van der Waals surface area (Å²) < 4.78 is 0. The number of rotatable bonds is 3. The smallest absolute Gasteiger partial charge is 0.292 e. The maximum atomic E-state index is 13.1. The first-order chi connectivity index (χ1) is 14.0.